The van der Waals surface area contributed by atoms with Gasteiger partial charge in [0.2, 0.25) is 6.79 Å². The number of carboxylic acids is 1. The smallest absolute Gasteiger partial charge is 0.339 e. The van der Waals surface area contributed by atoms with Gasteiger partial charge in [0, 0.05) is 0 Å². The predicted octanol–water partition coefficient (Wildman–Crippen LogP) is 3.11. The van der Waals surface area contributed by atoms with Gasteiger partial charge in [-0.1, -0.05) is 29.8 Å². The van der Waals surface area contributed by atoms with Gasteiger partial charge < -0.3 is 14.6 Å². The third kappa shape index (κ3) is 3.48. The van der Waals surface area contributed by atoms with Crippen LogP contribution in [0.1, 0.15) is 15.9 Å². The van der Waals surface area contributed by atoms with Crippen LogP contribution in [0.5, 0.6) is 11.5 Å². The Kier molecular flexibility index (Phi) is 4.03. The van der Waals surface area contributed by atoms with Gasteiger partial charge in [-0.15, -0.1) is 0 Å². The van der Waals surface area contributed by atoms with Crippen molar-refractivity contribution in [2.75, 3.05) is 6.79 Å². The average Bonchev–Trinajstić information content (AvgIpc) is 2.41. The van der Waals surface area contributed by atoms with E-state index in [-0.39, 0.29) is 12.4 Å². The van der Waals surface area contributed by atoms with Crippen LogP contribution in [-0.4, -0.2) is 17.9 Å². The number of aromatic carboxylic acids is 1. The molecule has 1 N–H and O–H groups in total. The summed E-state index contributed by atoms with van der Waals surface area (Å²) in [5.41, 5.74) is 1.26. The van der Waals surface area contributed by atoms with Crippen LogP contribution in [0.3, 0.4) is 0 Å². The number of carbonyl (C=O) groups is 1. The van der Waals surface area contributed by atoms with Gasteiger partial charge in [0.1, 0.15) is 17.1 Å². The molecule has 0 bridgehead atoms. The molecule has 0 fully saturated rings. The Morgan fingerprint density at radius 2 is 1.74 bits per heavy atom. The lowest BCUT2D eigenvalue weighted by atomic mass is 10.2. The van der Waals surface area contributed by atoms with Crippen molar-refractivity contribution in [1.82, 2.24) is 0 Å². The van der Waals surface area contributed by atoms with E-state index in [2.05, 4.69) is 0 Å². The Morgan fingerprint density at radius 3 is 2.42 bits per heavy atom. The maximum atomic E-state index is 11.0. The minimum Gasteiger partial charge on any atom is -0.478 e. The quantitative estimate of drug-likeness (QED) is 0.837. The van der Waals surface area contributed by atoms with Crippen molar-refractivity contribution in [2.24, 2.45) is 0 Å². The van der Waals surface area contributed by atoms with Crippen molar-refractivity contribution in [3.63, 3.8) is 0 Å². The first-order valence-electron chi connectivity index (χ1n) is 5.81. The molecule has 0 heterocycles. The first-order chi connectivity index (χ1) is 9.16. The van der Waals surface area contributed by atoms with Crippen LogP contribution in [-0.2, 0) is 0 Å². The van der Waals surface area contributed by atoms with Crippen molar-refractivity contribution in [3.05, 3.63) is 59.7 Å². The molecule has 0 aliphatic heterocycles. The van der Waals surface area contributed by atoms with Gasteiger partial charge in [0.15, 0.2) is 0 Å². The van der Waals surface area contributed by atoms with E-state index in [0.29, 0.717) is 11.5 Å². The molecule has 0 atom stereocenters. The fourth-order valence-electron chi connectivity index (χ4n) is 1.56. The summed E-state index contributed by atoms with van der Waals surface area (Å²) in [6, 6.07) is 14.0. The van der Waals surface area contributed by atoms with Crippen LogP contribution in [0.4, 0.5) is 0 Å². The number of rotatable bonds is 5. The van der Waals surface area contributed by atoms with E-state index in [1.54, 1.807) is 18.2 Å². The van der Waals surface area contributed by atoms with Crippen molar-refractivity contribution in [3.8, 4) is 11.5 Å². The zero-order valence-electron chi connectivity index (χ0n) is 10.5. The number of hydrogen-bond acceptors (Lipinski definition) is 3. The van der Waals surface area contributed by atoms with E-state index in [4.69, 9.17) is 14.6 Å². The van der Waals surface area contributed by atoms with Crippen molar-refractivity contribution in [2.45, 2.75) is 6.92 Å². The summed E-state index contributed by atoms with van der Waals surface area (Å²) in [6.07, 6.45) is 0. The molecule has 2 aromatic rings. The van der Waals surface area contributed by atoms with E-state index in [0.717, 1.165) is 5.56 Å². The van der Waals surface area contributed by atoms with Gasteiger partial charge in [-0.3, -0.25) is 0 Å². The van der Waals surface area contributed by atoms with Gasteiger partial charge in [0.05, 0.1) is 0 Å². The molecule has 0 aliphatic carbocycles. The molecule has 2 aromatic carbocycles. The first-order valence-corrected chi connectivity index (χ1v) is 5.81. The predicted molar refractivity (Wildman–Crippen MR) is 70.7 cm³/mol. The van der Waals surface area contributed by atoms with Gasteiger partial charge in [-0.05, 0) is 31.2 Å². The summed E-state index contributed by atoms with van der Waals surface area (Å²) in [6.45, 7) is 1.96. The largest absolute Gasteiger partial charge is 0.478 e. The fraction of sp³-hybridized carbons (Fsp3) is 0.133. The number of benzene rings is 2. The third-order valence-corrected chi connectivity index (χ3v) is 2.58. The zero-order chi connectivity index (χ0) is 13.7. The molecule has 98 valence electrons. The molecule has 0 saturated carbocycles. The highest BCUT2D eigenvalue weighted by atomic mass is 16.7. The molecular weight excluding hydrogens is 244 g/mol. The number of carboxylic acid groups (broad SMARTS) is 1. The van der Waals surface area contributed by atoms with E-state index >= 15 is 0 Å². The van der Waals surface area contributed by atoms with Gasteiger partial charge >= 0.3 is 5.97 Å². The normalized spacial score (nSPS) is 9.95. The van der Waals surface area contributed by atoms with Crippen LogP contribution in [0.15, 0.2) is 48.5 Å². The Morgan fingerprint density at radius 1 is 1.05 bits per heavy atom. The second kappa shape index (κ2) is 5.91. The van der Waals surface area contributed by atoms with Crippen LogP contribution in [0.2, 0.25) is 0 Å². The van der Waals surface area contributed by atoms with E-state index in [1.807, 2.05) is 31.2 Å². The van der Waals surface area contributed by atoms with Crippen LogP contribution < -0.4 is 9.47 Å². The van der Waals surface area contributed by atoms with E-state index < -0.39 is 5.97 Å². The summed E-state index contributed by atoms with van der Waals surface area (Å²) < 4.78 is 10.7. The Labute approximate surface area is 111 Å². The van der Waals surface area contributed by atoms with Crippen LogP contribution in [0.25, 0.3) is 0 Å². The molecule has 0 aliphatic rings. The molecule has 19 heavy (non-hydrogen) atoms. The van der Waals surface area contributed by atoms with E-state index in [1.165, 1.54) is 6.07 Å². The summed E-state index contributed by atoms with van der Waals surface area (Å²) in [5, 5.41) is 8.99. The molecular formula is C15H14O4. The summed E-state index contributed by atoms with van der Waals surface area (Å²) >= 11 is 0. The molecule has 0 amide bonds. The number of hydrogen-bond donors (Lipinski definition) is 1. The molecule has 0 aromatic heterocycles. The highest BCUT2D eigenvalue weighted by molar-refractivity contribution is 5.90. The second-order valence-corrected chi connectivity index (χ2v) is 4.02. The monoisotopic (exact) mass is 258 g/mol. The van der Waals surface area contributed by atoms with E-state index in [9.17, 15) is 4.79 Å². The highest BCUT2D eigenvalue weighted by Crippen LogP contribution is 2.18. The lowest BCUT2D eigenvalue weighted by molar-refractivity contribution is 0.0682. The molecule has 0 unspecified atom stereocenters. The molecule has 4 heteroatoms. The number of ether oxygens (including phenoxy) is 2. The van der Waals surface area contributed by atoms with Crippen molar-refractivity contribution < 1.29 is 19.4 Å². The van der Waals surface area contributed by atoms with Crippen molar-refractivity contribution >= 4 is 5.97 Å². The highest BCUT2D eigenvalue weighted by Gasteiger charge is 2.09. The maximum absolute atomic E-state index is 11.0. The average molecular weight is 258 g/mol. The number of para-hydroxylation sites is 1. The standard InChI is InChI=1S/C15H14O4/c1-11-6-8-12(9-7-11)18-10-19-14-5-3-2-4-13(14)15(16)17/h2-9H,10H2,1H3,(H,16,17). The molecule has 0 saturated heterocycles. The first kappa shape index (κ1) is 13.0. The van der Waals surface area contributed by atoms with Crippen LogP contribution in [0, 0.1) is 6.92 Å². The Bertz CT molecular complexity index is 561. The fourth-order valence-corrected chi connectivity index (χ4v) is 1.56. The Hall–Kier alpha value is -2.49. The lowest BCUT2D eigenvalue weighted by Crippen LogP contribution is -2.09. The van der Waals surface area contributed by atoms with Crippen LogP contribution >= 0.6 is 0 Å². The third-order valence-electron chi connectivity index (χ3n) is 2.58. The number of aryl methyl sites for hydroxylation is 1. The Balaban J connectivity index is 1.96. The van der Waals surface area contributed by atoms with Gasteiger partial charge in [-0.2, -0.15) is 0 Å². The molecule has 0 radical (unpaired) electrons. The second-order valence-electron chi connectivity index (χ2n) is 4.02. The molecule has 0 spiro atoms. The van der Waals surface area contributed by atoms with Gasteiger partial charge in [0.25, 0.3) is 0 Å². The maximum Gasteiger partial charge on any atom is 0.339 e. The molecule has 4 nitrogen and oxygen atoms in total. The summed E-state index contributed by atoms with van der Waals surface area (Å²) in [4.78, 5) is 11.0. The minimum atomic E-state index is -1.02. The topological polar surface area (TPSA) is 55.8 Å². The lowest BCUT2D eigenvalue weighted by Gasteiger charge is -2.10. The zero-order valence-corrected chi connectivity index (χ0v) is 10.5. The van der Waals surface area contributed by atoms with Gasteiger partial charge in [-0.25, -0.2) is 4.79 Å². The summed E-state index contributed by atoms with van der Waals surface area (Å²) in [5.74, 6) is -0.0496. The SMILES string of the molecule is Cc1ccc(OCOc2ccccc2C(=O)O)cc1. The van der Waals surface area contributed by atoms with Crippen molar-refractivity contribution in [1.29, 1.82) is 0 Å². The minimum absolute atomic E-state index is 0.0344. The summed E-state index contributed by atoms with van der Waals surface area (Å²) in [7, 11) is 0. The molecule has 2 rings (SSSR count).